The molecule has 72 valence electrons. The van der Waals surface area contributed by atoms with Gasteiger partial charge in [0, 0.05) is 11.3 Å². The minimum absolute atomic E-state index is 0.219. The molecule has 0 unspecified atom stereocenters. The Hall–Kier alpha value is -1.12. The summed E-state index contributed by atoms with van der Waals surface area (Å²) in [7, 11) is 0. The van der Waals surface area contributed by atoms with E-state index < -0.39 is 0 Å². The largest absolute Gasteiger partial charge is 0.396 e. The lowest BCUT2D eigenvalue weighted by Crippen LogP contribution is -1.76. The first-order valence-electron chi connectivity index (χ1n) is 4.65. The average Bonchev–Trinajstić information content (AvgIpc) is 2.67. The average molecular weight is 204 g/mol. The molecule has 0 fully saturated rings. The molecule has 1 nitrogen and oxygen atoms in total. The summed E-state index contributed by atoms with van der Waals surface area (Å²) in [6, 6.07) is 8.42. The van der Waals surface area contributed by atoms with Crippen LogP contribution in [0.3, 0.4) is 0 Å². The maximum Gasteiger partial charge on any atom is 0.0465 e. The van der Waals surface area contributed by atoms with E-state index >= 15 is 0 Å². The van der Waals surface area contributed by atoms with Crippen molar-refractivity contribution in [3.63, 3.8) is 0 Å². The first kappa shape index (κ1) is 9.44. The predicted octanol–water partition coefficient (Wildman–Crippen LogP) is 3.30. The number of fused-ring (bicyclic) bond motifs is 1. The van der Waals surface area contributed by atoms with Gasteiger partial charge in [0.05, 0.1) is 0 Å². The van der Waals surface area contributed by atoms with Crippen molar-refractivity contribution in [3.8, 4) is 0 Å². The third kappa shape index (κ3) is 1.86. The monoisotopic (exact) mass is 204 g/mol. The fourth-order valence-corrected chi connectivity index (χ4v) is 2.33. The second-order valence-corrected chi connectivity index (χ2v) is 4.02. The highest BCUT2D eigenvalue weighted by Gasteiger charge is 1.97. The molecule has 1 heterocycles. The maximum atomic E-state index is 8.67. The van der Waals surface area contributed by atoms with Crippen LogP contribution in [0.25, 0.3) is 16.2 Å². The summed E-state index contributed by atoms with van der Waals surface area (Å²) in [4.78, 5) is 0. The van der Waals surface area contributed by atoms with Gasteiger partial charge in [-0.25, -0.2) is 0 Å². The van der Waals surface area contributed by atoms with E-state index in [1.165, 1.54) is 15.6 Å². The smallest absolute Gasteiger partial charge is 0.0465 e. The van der Waals surface area contributed by atoms with Crippen LogP contribution < -0.4 is 0 Å². The Bertz CT molecular complexity index is 442. The number of hydrogen-bond acceptors (Lipinski definition) is 2. The standard InChI is InChI=1S/C12H12OS/c13-8-2-1-4-10-5-3-6-11-7-9-14-12(10)11/h1,3-7,9,13H,2,8H2. The lowest BCUT2D eigenvalue weighted by atomic mass is 10.1. The van der Waals surface area contributed by atoms with E-state index in [2.05, 4.69) is 35.7 Å². The van der Waals surface area contributed by atoms with Crippen molar-refractivity contribution in [2.24, 2.45) is 0 Å². The Morgan fingerprint density at radius 3 is 3.07 bits per heavy atom. The Balaban J connectivity index is 2.36. The summed E-state index contributed by atoms with van der Waals surface area (Å²) in [5.74, 6) is 0. The van der Waals surface area contributed by atoms with Crippen LogP contribution >= 0.6 is 11.3 Å². The molecule has 14 heavy (non-hydrogen) atoms. The lowest BCUT2D eigenvalue weighted by molar-refractivity contribution is 0.303. The van der Waals surface area contributed by atoms with E-state index in [9.17, 15) is 0 Å². The van der Waals surface area contributed by atoms with E-state index in [1.54, 1.807) is 11.3 Å². The molecule has 1 N–H and O–H groups in total. The summed E-state index contributed by atoms with van der Waals surface area (Å²) in [5, 5.41) is 12.1. The Labute approximate surface area is 87.3 Å². The van der Waals surface area contributed by atoms with E-state index in [-0.39, 0.29) is 6.61 Å². The fourth-order valence-electron chi connectivity index (χ4n) is 1.43. The van der Waals surface area contributed by atoms with Crippen molar-refractivity contribution < 1.29 is 5.11 Å². The maximum absolute atomic E-state index is 8.67. The van der Waals surface area contributed by atoms with Gasteiger partial charge in [-0.2, -0.15) is 0 Å². The van der Waals surface area contributed by atoms with Gasteiger partial charge in [-0.05, 0) is 28.8 Å². The molecular formula is C12H12OS. The van der Waals surface area contributed by atoms with Crippen LogP contribution in [0.5, 0.6) is 0 Å². The number of aliphatic hydroxyl groups is 1. The van der Waals surface area contributed by atoms with Crippen molar-refractivity contribution in [1.29, 1.82) is 0 Å². The minimum atomic E-state index is 0.219. The SMILES string of the molecule is OCCC=Cc1cccc2ccsc12. The molecule has 0 amide bonds. The topological polar surface area (TPSA) is 20.2 Å². The minimum Gasteiger partial charge on any atom is -0.396 e. The Morgan fingerprint density at radius 2 is 2.21 bits per heavy atom. The molecule has 0 saturated carbocycles. The molecule has 1 aromatic heterocycles. The Morgan fingerprint density at radius 1 is 1.29 bits per heavy atom. The number of rotatable bonds is 3. The molecule has 0 atom stereocenters. The second-order valence-electron chi connectivity index (χ2n) is 3.10. The predicted molar refractivity (Wildman–Crippen MR) is 62.6 cm³/mol. The molecule has 1 aromatic carbocycles. The zero-order valence-electron chi connectivity index (χ0n) is 7.81. The third-order valence-corrected chi connectivity index (χ3v) is 3.08. The molecule has 0 bridgehead atoms. The van der Waals surface area contributed by atoms with Crippen molar-refractivity contribution in [2.45, 2.75) is 6.42 Å². The third-order valence-electron chi connectivity index (χ3n) is 2.10. The summed E-state index contributed by atoms with van der Waals surface area (Å²) in [6.07, 6.45) is 4.81. The number of benzene rings is 1. The molecule has 0 aliphatic carbocycles. The van der Waals surface area contributed by atoms with Crippen molar-refractivity contribution in [3.05, 3.63) is 41.3 Å². The first-order valence-corrected chi connectivity index (χ1v) is 5.53. The van der Waals surface area contributed by atoms with Gasteiger partial charge in [0.1, 0.15) is 0 Å². The van der Waals surface area contributed by atoms with Gasteiger partial charge in [-0.3, -0.25) is 0 Å². The van der Waals surface area contributed by atoms with Crippen LogP contribution in [0.2, 0.25) is 0 Å². The number of aliphatic hydroxyl groups excluding tert-OH is 1. The van der Waals surface area contributed by atoms with Gasteiger partial charge in [0.25, 0.3) is 0 Å². The van der Waals surface area contributed by atoms with E-state index in [0.717, 1.165) is 6.42 Å². The van der Waals surface area contributed by atoms with E-state index in [4.69, 9.17) is 5.11 Å². The Kier molecular flexibility index (Phi) is 2.96. The van der Waals surface area contributed by atoms with E-state index in [0.29, 0.717) is 0 Å². The summed E-state index contributed by atoms with van der Waals surface area (Å²) < 4.78 is 1.32. The van der Waals surface area contributed by atoms with E-state index in [1.807, 2.05) is 6.08 Å². The van der Waals surface area contributed by atoms with Crippen LogP contribution in [-0.4, -0.2) is 11.7 Å². The molecule has 0 saturated heterocycles. The highest BCUT2D eigenvalue weighted by molar-refractivity contribution is 7.17. The molecule has 0 aliphatic rings. The molecule has 2 aromatic rings. The molecular weight excluding hydrogens is 192 g/mol. The zero-order valence-corrected chi connectivity index (χ0v) is 8.63. The van der Waals surface area contributed by atoms with Crippen LogP contribution in [0.15, 0.2) is 35.7 Å². The van der Waals surface area contributed by atoms with Crippen molar-refractivity contribution in [1.82, 2.24) is 0 Å². The molecule has 0 radical (unpaired) electrons. The van der Waals surface area contributed by atoms with Crippen LogP contribution in [0.4, 0.5) is 0 Å². The van der Waals surface area contributed by atoms with Crippen molar-refractivity contribution in [2.75, 3.05) is 6.61 Å². The summed E-state index contributed by atoms with van der Waals surface area (Å²) in [5.41, 5.74) is 1.24. The number of thiophene rings is 1. The molecule has 2 heteroatoms. The normalized spacial score (nSPS) is 11.5. The summed E-state index contributed by atoms with van der Waals surface area (Å²) >= 11 is 1.76. The van der Waals surface area contributed by atoms with Crippen LogP contribution in [0, 0.1) is 0 Å². The highest BCUT2D eigenvalue weighted by atomic mass is 32.1. The van der Waals surface area contributed by atoms with Gasteiger partial charge < -0.3 is 5.11 Å². The molecule has 2 rings (SSSR count). The van der Waals surface area contributed by atoms with Gasteiger partial charge in [-0.1, -0.05) is 30.4 Å². The van der Waals surface area contributed by atoms with Gasteiger partial charge in [-0.15, -0.1) is 11.3 Å². The summed E-state index contributed by atoms with van der Waals surface area (Å²) in [6.45, 7) is 0.219. The molecule has 0 aliphatic heterocycles. The van der Waals surface area contributed by atoms with Crippen molar-refractivity contribution >= 4 is 27.5 Å². The first-order chi connectivity index (χ1) is 6.92. The second kappa shape index (κ2) is 4.40. The van der Waals surface area contributed by atoms with Gasteiger partial charge >= 0.3 is 0 Å². The van der Waals surface area contributed by atoms with Gasteiger partial charge in [0.2, 0.25) is 0 Å². The lowest BCUT2D eigenvalue weighted by Gasteiger charge is -1.95. The van der Waals surface area contributed by atoms with Crippen LogP contribution in [-0.2, 0) is 0 Å². The van der Waals surface area contributed by atoms with Gasteiger partial charge in [0.15, 0.2) is 0 Å². The zero-order chi connectivity index (χ0) is 9.80. The molecule has 0 spiro atoms. The fraction of sp³-hybridized carbons (Fsp3) is 0.167. The quantitative estimate of drug-likeness (QED) is 0.813. The number of hydrogen-bond donors (Lipinski definition) is 1. The highest BCUT2D eigenvalue weighted by Crippen LogP contribution is 2.25. The van der Waals surface area contributed by atoms with Crippen LogP contribution in [0.1, 0.15) is 12.0 Å².